The second kappa shape index (κ2) is 8.32. The van der Waals surface area contributed by atoms with E-state index in [-0.39, 0.29) is 4.43 Å². The first-order chi connectivity index (χ1) is 9.77. The third kappa shape index (κ3) is 8.16. The van der Waals surface area contributed by atoms with E-state index in [0.717, 1.165) is 6.92 Å². The standard InChI is InChI=1S/C13H21F3INO4/c1-7(21-8(2)13(14,15)16)10(9(19)6-17)18-11(20)22-12(3,4)5/h7-8,10H,6H2,1-5H3,(H,18,20)/t7-,8+,10+/m1/s1. The van der Waals surface area contributed by atoms with E-state index in [2.05, 4.69) is 5.32 Å². The Morgan fingerprint density at radius 3 is 2.05 bits per heavy atom. The Balaban J connectivity index is 4.91. The van der Waals surface area contributed by atoms with Crippen molar-refractivity contribution in [3.05, 3.63) is 0 Å². The van der Waals surface area contributed by atoms with Gasteiger partial charge in [-0.2, -0.15) is 13.2 Å². The Bertz CT molecular complexity index is 396. The third-order valence-electron chi connectivity index (χ3n) is 2.50. The van der Waals surface area contributed by atoms with E-state index in [1.165, 1.54) is 6.92 Å². The van der Waals surface area contributed by atoms with Crippen LogP contribution < -0.4 is 5.32 Å². The van der Waals surface area contributed by atoms with Gasteiger partial charge in [-0.25, -0.2) is 4.79 Å². The van der Waals surface area contributed by atoms with Crippen molar-refractivity contribution in [3.63, 3.8) is 0 Å². The highest BCUT2D eigenvalue weighted by molar-refractivity contribution is 14.1. The number of hydrogen-bond donors (Lipinski definition) is 1. The minimum absolute atomic E-state index is 0.0202. The number of carbonyl (C=O) groups is 2. The summed E-state index contributed by atoms with van der Waals surface area (Å²) in [6, 6.07) is -1.21. The Kier molecular flexibility index (Phi) is 8.10. The van der Waals surface area contributed by atoms with Crippen LogP contribution in [0.5, 0.6) is 0 Å². The van der Waals surface area contributed by atoms with E-state index in [9.17, 15) is 22.8 Å². The number of carbonyl (C=O) groups excluding carboxylic acids is 2. The Labute approximate surface area is 141 Å². The predicted octanol–water partition coefficient (Wildman–Crippen LogP) is 3.24. The average Bonchev–Trinajstić information content (AvgIpc) is 2.31. The highest BCUT2D eigenvalue weighted by atomic mass is 127. The van der Waals surface area contributed by atoms with Crippen LogP contribution in [-0.4, -0.2) is 46.3 Å². The molecule has 0 rings (SSSR count). The van der Waals surface area contributed by atoms with Crippen LogP contribution in [-0.2, 0) is 14.3 Å². The number of Topliss-reactive ketones (excluding diaryl/α,β-unsaturated/α-hetero) is 1. The molecule has 0 radical (unpaired) electrons. The van der Waals surface area contributed by atoms with Gasteiger partial charge in [0.2, 0.25) is 0 Å². The van der Waals surface area contributed by atoms with Gasteiger partial charge in [-0.15, -0.1) is 0 Å². The van der Waals surface area contributed by atoms with Crippen molar-refractivity contribution < 1.29 is 32.2 Å². The van der Waals surface area contributed by atoms with Crippen molar-refractivity contribution in [1.29, 1.82) is 0 Å². The Morgan fingerprint density at radius 2 is 1.68 bits per heavy atom. The fourth-order valence-corrected chi connectivity index (χ4v) is 1.93. The van der Waals surface area contributed by atoms with Gasteiger partial charge in [0.1, 0.15) is 11.6 Å². The topological polar surface area (TPSA) is 64.6 Å². The summed E-state index contributed by atoms with van der Waals surface area (Å²) in [4.78, 5) is 23.6. The quantitative estimate of drug-likeness (QED) is 0.510. The zero-order valence-corrected chi connectivity index (χ0v) is 15.2. The van der Waals surface area contributed by atoms with Gasteiger partial charge >= 0.3 is 12.3 Å². The van der Waals surface area contributed by atoms with Crippen molar-refractivity contribution >= 4 is 34.5 Å². The molecule has 0 fully saturated rings. The molecule has 0 unspecified atom stereocenters. The molecule has 22 heavy (non-hydrogen) atoms. The largest absolute Gasteiger partial charge is 0.444 e. The van der Waals surface area contributed by atoms with E-state index in [0.29, 0.717) is 0 Å². The van der Waals surface area contributed by atoms with E-state index in [1.54, 1.807) is 43.4 Å². The number of alkyl halides is 4. The van der Waals surface area contributed by atoms with Crippen LogP contribution in [0.25, 0.3) is 0 Å². The predicted molar refractivity (Wildman–Crippen MR) is 83.1 cm³/mol. The van der Waals surface area contributed by atoms with Crippen LogP contribution in [0.1, 0.15) is 34.6 Å². The van der Waals surface area contributed by atoms with Crippen LogP contribution >= 0.6 is 22.6 Å². The summed E-state index contributed by atoms with van der Waals surface area (Å²) in [6.07, 6.45) is -8.62. The molecule has 0 aliphatic rings. The van der Waals surface area contributed by atoms with E-state index in [1.807, 2.05) is 0 Å². The summed E-state index contributed by atoms with van der Waals surface area (Å²) < 4.78 is 47.4. The zero-order chi connectivity index (χ0) is 17.7. The zero-order valence-electron chi connectivity index (χ0n) is 13.1. The number of alkyl carbamates (subject to hydrolysis) is 1. The first-order valence-corrected chi connectivity index (χ1v) is 8.11. The first-order valence-electron chi connectivity index (χ1n) is 6.58. The number of amides is 1. The molecule has 5 nitrogen and oxygen atoms in total. The summed E-state index contributed by atoms with van der Waals surface area (Å²) in [7, 11) is 0. The van der Waals surface area contributed by atoms with Crippen molar-refractivity contribution in [2.24, 2.45) is 0 Å². The minimum Gasteiger partial charge on any atom is -0.444 e. The number of halogens is 4. The van der Waals surface area contributed by atoms with Crippen LogP contribution in [0.4, 0.5) is 18.0 Å². The number of rotatable bonds is 6. The molecule has 9 heteroatoms. The molecular weight excluding hydrogens is 418 g/mol. The molecule has 0 bridgehead atoms. The normalized spacial score (nSPS) is 16.6. The highest BCUT2D eigenvalue weighted by Crippen LogP contribution is 2.24. The lowest BCUT2D eigenvalue weighted by Crippen LogP contribution is -2.52. The molecular formula is C13H21F3INO4. The second-order valence-electron chi connectivity index (χ2n) is 5.75. The third-order valence-corrected chi connectivity index (χ3v) is 3.25. The molecule has 0 aliphatic carbocycles. The van der Waals surface area contributed by atoms with Crippen molar-refractivity contribution in [3.8, 4) is 0 Å². The van der Waals surface area contributed by atoms with Crippen molar-refractivity contribution in [2.75, 3.05) is 4.43 Å². The molecule has 3 atom stereocenters. The first kappa shape index (κ1) is 21.4. The number of hydrogen-bond acceptors (Lipinski definition) is 4. The second-order valence-corrected chi connectivity index (χ2v) is 6.51. The number of ketones is 1. The van der Waals surface area contributed by atoms with Crippen molar-refractivity contribution in [1.82, 2.24) is 5.32 Å². The van der Waals surface area contributed by atoms with Gasteiger partial charge in [0.15, 0.2) is 11.9 Å². The van der Waals surface area contributed by atoms with Gasteiger partial charge in [0.25, 0.3) is 0 Å². The minimum atomic E-state index is -4.54. The molecule has 0 heterocycles. The highest BCUT2D eigenvalue weighted by Gasteiger charge is 2.40. The Hall–Kier alpha value is -0.580. The maximum absolute atomic E-state index is 12.5. The van der Waals surface area contributed by atoms with Crippen LogP contribution in [0.2, 0.25) is 0 Å². The summed E-state index contributed by atoms with van der Waals surface area (Å²) in [5.74, 6) is -0.451. The molecule has 130 valence electrons. The molecule has 0 aliphatic heterocycles. The molecule has 1 amide bonds. The maximum atomic E-state index is 12.5. The van der Waals surface area contributed by atoms with Crippen LogP contribution in [0.15, 0.2) is 0 Å². The number of nitrogens with one attached hydrogen (secondary N) is 1. The van der Waals surface area contributed by atoms with Crippen LogP contribution in [0, 0.1) is 0 Å². The molecule has 0 spiro atoms. The van der Waals surface area contributed by atoms with Gasteiger partial charge in [-0.1, -0.05) is 22.6 Å². The molecule has 0 aromatic heterocycles. The van der Waals surface area contributed by atoms with E-state index in [4.69, 9.17) is 9.47 Å². The Morgan fingerprint density at radius 1 is 1.18 bits per heavy atom. The summed E-state index contributed by atoms with van der Waals surface area (Å²) in [5.41, 5.74) is -0.786. The maximum Gasteiger partial charge on any atom is 0.414 e. The smallest absolute Gasteiger partial charge is 0.414 e. The van der Waals surface area contributed by atoms with Gasteiger partial charge in [-0.3, -0.25) is 4.79 Å². The number of ether oxygens (including phenoxy) is 2. The van der Waals surface area contributed by atoms with Gasteiger partial charge in [0, 0.05) is 0 Å². The summed E-state index contributed by atoms with van der Waals surface area (Å²) >= 11 is 1.77. The van der Waals surface area contributed by atoms with Gasteiger partial charge < -0.3 is 14.8 Å². The van der Waals surface area contributed by atoms with E-state index >= 15 is 0 Å². The lowest BCUT2D eigenvalue weighted by Gasteiger charge is -2.28. The van der Waals surface area contributed by atoms with Gasteiger partial charge in [0.05, 0.1) is 10.5 Å². The SMILES string of the molecule is C[C@H](O[C@H](C)[C@H](NC(=O)OC(C)(C)C)C(=O)CI)C(F)(F)F. The van der Waals surface area contributed by atoms with Gasteiger partial charge in [-0.05, 0) is 34.6 Å². The van der Waals surface area contributed by atoms with Crippen molar-refractivity contribution in [2.45, 2.75) is 64.6 Å². The molecule has 0 saturated carbocycles. The molecule has 0 aromatic rings. The molecule has 0 aromatic carbocycles. The fourth-order valence-electron chi connectivity index (χ4n) is 1.45. The monoisotopic (exact) mass is 439 g/mol. The summed E-state index contributed by atoms with van der Waals surface area (Å²) in [6.45, 7) is 7.04. The van der Waals surface area contributed by atoms with E-state index < -0.39 is 41.9 Å². The lowest BCUT2D eigenvalue weighted by atomic mass is 10.1. The summed E-state index contributed by atoms with van der Waals surface area (Å²) in [5, 5.41) is 2.27. The average molecular weight is 439 g/mol. The fraction of sp³-hybridized carbons (Fsp3) is 0.846. The van der Waals surface area contributed by atoms with Crippen LogP contribution in [0.3, 0.4) is 0 Å². The lowest BCUT2D eigenvalue weighted by molar-refractivity contribution is -0.227. The molecule has 1 N–H and O–H groups in total. The molecule has 0 saturated heterocycles.